The molecule has 0 saturated heterocycles. The monoisotopic (exact) mass is 299 g/mol. The first-order valence-electron chi connectivity index (χ1n) is 6.40. The van der Waals surface area contributed by atoms with Crippen LogP contribution in [0.5, 0.6) is 0 Å². The van der Waals surface area contributed by atoms with Gasteiger partial charge in [-0.15, -0.1) is 0 Å². The third kappa shape index (κ3) is 3.66. The highest BCUT2D eigenvalue weighted by Gasteiger charge is 2.15. The molecule has 0 aliphatic rings. The summed E-state index contributed by atoms with van der Waals surface area (Å²) in [7, 11) is 0. The standard InChI is InChI=1S/C15H13N3O4/c1-10(19)16-12-6-4-5-11(9-12)15(20)17-13-7-2-3-8-14(13)18(21)22/h2-9H,1H3,(H,16,19)(H,17,20). The minimum Gasteiger partial charge on any atom is -0.326 e. The van der Waals surface area contributed by atoms with E-state index < -0.39 is 10.8 Å². The number of nitro groups is 1. The molecular weight excluding hydrogens is 286 g/mol. The Morgan fingerprint density at radius 3 is 2.45 bits per heavy atom. The van der Waals surface area contributed by atoms with Crippen LogP contribution in [0.3, 0.4) is 0 Å². The van der Waals surface area contributed by atoms with Crippen molar-refractivity contribution in [2.45, 2.75) is 6.92 Å². The predicted octanol–water partition coefficient (Wildman–Crippen LogP) is 2.81. The zero-order chi connectivity index (χ0) is 16.1. The fourth-order valence-electron chi connectivity index (χ4n) is 1.87. The van der Waals surface area contributed by atoms with Gasteiger partial charge in [-0.05, 0) is 24.3 Å². The summed E-state index contributed by atoms with van der Waals surface area (Å²) in [6, 6.07) is 12.2. The van der Waals surface area contributed by atoms with Crippen LogP contribution in [-0.4, -0.2) is 16.7 Å². The number of nitrogens with zero attached hydrogens (tertiary/aromatic N) is 1. The van der Waals surface area contributed by atoms with Crippen LogP contribution in [0.1, 0.15) is 17.3 Å². The fourth-order valence-corrected chi connectivity index (χ4v) is 1.87. The molecule has 22 heavy (non-hydrogen) atoms. The number of carbonyl (C=O) groups excluding carboxylic acids is 2. The molecule has 0 aromatic heterocycles. The minimum atomic E-state index is -0.566. The Hall–Kier alpha value is -3.22. The summed E-state index contributed by atoms with van der Waals surface area (Å²) in [5, 5.41) is 16.0. The molecule has 2 N–H and O–H groups in total. The van der Waals surface area contributed by atoms with E-state index in [1.165, 1.54) is 31.2 Å². The molecule has 0 heterocycles. The van der Waals surface area contributed by atoms with Gasteiger partial charge in [-0.3, -0.25) is 19.7 Å². The molecule has 112 valence electrons. The Morgan fingerprint density at radius 1 is 1.05 bits per heavy atom. The van der Waals surface area contributed by atoms with Crippen molar-refractivity contribution in [1.82, 2.24) is 0 Å². The van der Waals surface area contributed by atoms with Gasteiger partial charge in [0.15, 0.2) is 0 Å². The van der Waals surface area contributed by atoms with Crippen molar-refractivity contribution in [3.63, 3.8) is 0 Å². The molecule has 0 saturated carbocycles. The van der Waals surface area contributed by atoms with Crippen molar-refractivity contribution < 1.29 is 14.5 Å². The summed E-state index contributed by atoms with van der Waals surface area (Å²) < 4.78 is 0. The van der Waals surface area contributed by atoms with E-state index in [-0.39, 0.29) is 22.8 Å². The van der Waals surface area contributed by atoms with Crippen LogP contribution in [-0.2, 0) is 4.79 Å². The van der Waals surface area contributed by atoms with Crippen molar-refractivity contribution in [2.75, 3.05) is 10.6 Å². The molecular formula is C15H13N3O4. The van der Waals surface area contributed by atoms with Gasteiger partial charge in [0.1, 0.15) is 5.69 Å². The molecule has 7 nitrogen and oxygen atoms in total. The van der Waals surface area contributed by atoms with Crippen LogP contribution in [0.4, 0.5) is 17.1 Å². The van der Waals surface area contributed by atoms with E-state index in [4.69, 9.17) is 0 Å². The van der Waals surface area contributed by atoms with Crippen LogP contribution in [0, 0.1) is 10.1 Å². The number of nitrogens with one attached hydrogen (secondary N) is 2. The van der Waals surface area contributed by atoms with E-state index in [0.717, 1.165) is 0 Å². The fraction of sp³-hybridized carbons (Fsp3) is 0.0667. The highest BCUT2D eigenvalue weighted by atomic mass is 16.6. The van der Waals surface area contributed by atoms with Gasteiger partial charge in [-0.25, -0.2) is 0 Å². The number of amides is 2. The van der Waals surface area contributed by atoms with E-state index >= 15 is 0 Å². The highest BCUT2D eigenvalue weighted by Crippen LogP contribution is 2.24. The first kappa shape index (κ1) is 15.2. The number of hydrogen-bond donors (Lipinski definition) is 2. The van der Waals surface area contributed by atoms with Gasteiger partial charge in [-0.2, -0.15) is 0 Å². The summed E-state index contributed by atoms with van der Waals surface area (Å²) in [6.07, 6.45) is 0. The SMILES string of the molecule is CC(=O)Nc1cccc(C(=O)Nc2ccccc2[N+](=O)[O-])c1. The smallest absolute Gasteiger partial charge is 0.292 e. The second kappa shape index (κ2) is 6.49. The summed E-state index contributed by atoms with van der Waals surface area (Å²) in [5.41, 5.74) is 0.684. The molecule has 0 radical (unpaired) electrons. The van der Waals surface area contributed by atoms with E-state index in [0.29, 0.717) is 5.69 Å². The van der Waals surface area contributed by atoms with Crippen LogP contribution < -0.4 is 10.6 Å². The summed E-state index contributed by atoms with van der Waals surface area (Å²) >= 11 is 0. The van der Waals surface area contributed by atoms with Crippen LogP contribution in [0.15, 0.2) is 48.5 Å². The Kier molecular flexibility index (Phi) is 4.47. The lowest BCUT2D eigenvalue weighted by Crippen LogP contribution is -2.14. The number of benzene rings is 2. The summed E-state index contributed by atoms with van der Waals surface area (Å²) in [6.45, 7) is 1.36. The molecule has 0 bridgehead atoms. The van der Waals surface area contributed by atoms with Crippen molar-refractivity contribution in [2.24, 2.45) is 0 Å². The number of nitro benzene ring substituents is 1. The molecule has 7 heteroatoms. The number of para-hydroxylation sites is 2. The van der Waals surface area contributed by atoms with Crippen LogP contribution in [0.2, 0.25) is 0 Å². The van der Waals surface area contributed by atoms with Crippen molar-refractivity contribution in [3.8, 4) is 0 Å². The van der Waals surface area contributed by atoms with Gasteiger partial charge in [-0.1, -0.05) is 18.2 Å². The Labute approximate surface area is 126 Å². The third-order valence-electron chi connectivity index (χ3n) is 2.79. The first-order chi connectivity index (χ1) is 10.5. The van der Waals surface area contributed by atoms with Gasteiger partial charge >= 0.3 is 0 Å². The lowest BCUT2D eigenvalue weighted by atomic mass is 10.1. The quantitative estimate of drug-likeness (QED) is 0.669. The maximum absolute atomic E-state index is 12.2. The van der Waals surface area contributed by atoms with Crippen molar-refractivity contribution >= 4 is 28.9 Å². The molecule has 2 amide bonds. The second-order valence-corrected chi connectivity index (χ2v) is 4.49. The minimum absolute atomic E-state index is 0.113. The van der Waals surface area contributed by atoms with Crippen molar-refractivity contribution in [1.29, 1.82) is 0 Å². The van der Waals surface area contributed by atoms with Crippen LogP contribution in [0.25, 0.3) is 0 Å². The van der Waals surface area contributed by atoms with Gasteiger partial charge in [0.25, 0.3) is 11.6 Å². The molecule has 0 aliphatic heterocycles. The van der Waals surface area contributed by atoms with E-state index in [2.05, 4.69) is 10.6 Å². The number of hydrogen-bond acceptors (Lipinski definition) is 4. The molecule has 0 fully saturated rings. The second-order valence-electron chi connectivity index (χ2n) is 4.49. The lowest BCUT2D eigenvalue weighted by molar-refractivity contribution is -0.383. The third-order valence-corrected chi connectivity index (χ3v) is 2.79. The van der Waals surface area contributed by atoms with Gasteiger partial charge < -0.3 is 10.6 Å². The summed E-state index contributed by atoms with van der Waals surface area (Å²) in [4.78, 5) is 33.6. The maximum atomic E-state index is 12.2. The number of carbonyl (C=O) groups is 2. The van der Waals surface area contributed by atoms with Crippen molar-refractivity contribution in [3.05, 3.63) is 64.2 Å². The molecule has 0 aliphatic carbocycles. The Balaban J connectivity index is 2.23. The zero-order valence-corrected chi connectivity index (χ0v) is 11.7. The van der Waals surface area contributed by atoms with Crippen LogP contribution >= 0.6 is 0 Å². The average Bonchev–Trinajstić information content (AvgIpc) is 2.47. The molecule has 2 rings (SSSR count). The molecule has 0 unspecified atom stereocenters. The normalized spacial score (nSPS) is 9.86. The average molecular weight is 299 g/mol. The topological polar surface area (TPSA) is 101 Å². The maximum Gasteiger partial charge on any atom is 0.292 e. The molecule has 2 aromatic carbocycles. The first-order valence-corrected chi connectivity index (χ1v) is 6.40. The summed E-state index contributed by atoms with van der Waals surface area (Å²) in [5.74, 6) is -0.752. The van der Waals surface area contributed by atoms with Gasteiger partial charge in [0, 0.05) is 24.2 Å². The van der Waals surface area contributed by atoms with Gasteiger partial charge in [0.2, 0.25) is 5.91 Å². The Morgan fingerprint density at radius 2 is 1.77 bits per heavy atom. The largest absolute Gasteiger partial charge is 0.326 e. The van der Waals surface area contributed by atoms with E-state index in [1.807, 2.05) is 0 Å². The van der Waals surface area contributed by atoms with E-state index in [1.54, 1.807) is 24.3 Å². The zero-order valence-electron chi connectivity index (χ0n) is 11.7. The predicted molar refractivity (Wildman–Crippen MR) is 81.8 cm³/mol. The number of rotatable bonds is 4. The van der Waals surface area contributed by atoms with Gasteiger partial charge in [0.05, 0.1) is 4.92 Å². The molecule has 0 atom stereocenters. The molecule has 0 spiro atoms. The highest BCUT2D eigenvalue weighted by molar-refractivity contribution is 6.06. The Bertz CT molecular complexity index is 743. The molecule has 2 aromatic rings. The van der Waals surface area contributed by atoms with E-state index in [9.17, 15) is 19.7 Å². The number of anilines is 2. The lowest BCUT2D eigenvalue weighted by Gasteiger charge is -2.07.